The van der Waals surface area contributed by atoms with E-state index in [1.165, 1.54) is 5.56 Å². The fraction of sp³-hybridized carbons (Fsp3) is 0.188. The van der Waals surface area contributed by atoms with Gasteiger partial charge in [-0.05, 0) is 24.6 Å². The number of hydrogen-bond acceptors (Lipinski definition) is 3. The Labute approximate surface area is 113 Å². The molecule has 2 rings (SSSR count). The summed E-state index contributed by atoms with van der Waals surface area (Å²) in [6.07, 6.45) is 0. The van der Waals surface area contributed by atoms with Gasteiger partial charge in [0.15, 0.2) is 0 Å². The van der Waals surface area contributed by atoms with E-state index in [1.807, 2.05) is 55.5 Å². The van der Waals surface area contributed by atoms with Gasteiger partial charge in [0.25, 0.3) is 0 Å². The topological polar surface area (TPSA) is 45.0 Å². The molecule has 0 aromatic heterocycles. The Bertz CT molecular complexity index is 584. The lowest BCUT2D eigenvalue weighted by atomic mass is 10.1. The molecule has 0 aliphatic rings. The Morgan fingerprint density at radius 2 is 1.79 bits per heavy atom. The summed E-state index contributed by atoms with van der Waals surface area (Å²) in [6, 6.07) is 17.4. The van der Waals surface area contributed by atoms with Gasteiger partial charge in [0.2, 0.25) is 0 Å². The summed E-state index contributed by atoms with van der Waals surface area (Å²) in [5.74, 6) is 0.731. The van der Waals surface area contributed by atoms with E-state index in [-0.39, 0.29) is 0 Å². The van der Waals surface area contributed by atoms with Crippen LogP contribution in [-0.2, 0) is 0 Å². The predicted molar refractivity (Wildman–Crippen MR) is 76.1 cm³/mol. The summed E-state index contributed by atoms with van der Waals surface area (Å²) in [7, 11) is 1.62. The molecule has 0 spiro atoms. The van der Waals surface area contributed by atoms with Crippen molar-refractivity contribution in [3.05, 3.63) is 59.7 Å². The van der Waals surface area contributed by atoms with Crippen molar-refractivity contribution in [2.75, 3.05) is 12.4 Å². The van der Waals surface area contributed by atoms with Crippen LogP contribution in [0.25, 0.3) is 0 Å². The third-order valence-corrected chi connectivity index (χ3v) is 2.95. The van der Waals surface area contributed by atoms with Crippen LogP contribution < -0.4 is 10.1 Å². The molecule has 3 nitrogen and oxygen atoms in total. The van der Waals surface area contributed by atoms with Gasteiger partial charge in [-0.1, -0.05) is 42.0 Å². The zero-order chi connectivity index (χ0) is 13.7. The van der Waals surface area contributed by atoms with E-state index in [2.05, 4.69) is 11.4 Å². The SMILES string of the molecule is COc1ccccc1NC(C#N)c1ccc(C)cc1. The van der Waals surface area contributed by atoms with Gasteiger partial charge >= 0.3 is 0 Å². The summed E-state index contributed by atoms with van der Waals surface area (Å²) in [5.41, 5.74) is 2.94. The summed E-state index contributed by atoms with van der Waals surface area (Å²) < 4.78 is 5.27. The van der Waals surface area contributed by atoms with E-state index in [1.54, 1.807) is 7.11 Å². The summed E-state index contributed by atoms with van der Waals surface area (Å²) in [4.78, 5) is 0. The van der Waals surface area contributed by atoms with Crippen LogP contribution >= 0.6 is 0 Å². The number of ether oxygens (including phenoxy) is 1. The highest BCUT2D eigenvalue weighted by atomic mass is 16.5. The molecule has 0 saturated heterocycles. The Morgan fingerprint density at radius 3 is 2.42 bits per heavy atom. The first-order valence-corrected chi connectivity index (χ1v) is 6.10. The maximum Gasteiger partial charge on any atom is 0.141 e. The average Bonchev–Trinajstić information content (AvgIpc) is 2.46. The van der Waals surface area contributed by atoms with Crippen molar-refractivity contribution in [1.29, 1.82) is 5.26 Å². The Kier molecular flexibility index (Phi) is 4.04. The molecule has 0 amide bonds. The molecule has 19 heavy (non-hydrogen) atoms. The maximum absolute atomic E-state index is 9.32. The number of nitrogens with zero attached hydrogens (tertiary/aromatic N) is 1. The second kappa shape index (κ2) is 5.92. The average molecular weight is 252 g/mol. The molecule has 96 valence electrons. The standard InChI is InChI=1S/C16H16N2O/c1-12-7-9-13(10-8-12)15(11-17)18-14-5-3-4-6-16(14)19-2/h3-10,15,18H,1-2H3. The fourth-order valence-electron chi connectivity index (χ4n) is 1.87. The molecule has 0 heterocycles. The highest BCUT2D eigenvalue weighted by molar-refractivity contribution is 5.58. The van der Waals surface area contributed by atoms with Crippen LogP contribution in [-0.4, -0.2) is 7.11 Å². The van der Waals surface area contributed by atoms with Gasteiger partial charge in [0.05, 0.1) is 18.9 Å². The van der Waals surface area contributed by atoms with Crippen molar-refractivity contribution < 1.29 is 4.74 Å². The number of hydrogen-bond donors (Lipinski definition) is 1. The molecule has 2 aromatic rings. The number of para-hydroxylation sites is 2. The number of nitrogens with one attached hydrogen (secondary N) is 1. The summed E-state index contributed by atoms with van der Waals surface area (Å²) in [5, 5.41) is 12.5. The second-order valence-corrected chi connectivity index (χ2v) is 4.32. The minimum atomic E-state index is -0.392. The lowest BCUT2D eigenvalue weighted by Crippen LogP contribution is -2.09. The van der Waals surface area contributed by atoms with Crippen LogP contribution in [0.3, 0.4) is 0 Å². The van der Waals surface area contributed by atoms with Crippen molar-refractivity contribution in [1.82, 2.24) is 0 Å². The number of methoxy groups -OCH3 is 1. The molecule has 0 bridgehead atoms. The van der Waals surface area contributed by atoms with Crippen LogP contribution in [0.1, 0.15) is 17.2 Å². The Balaban J connectivity index is 2.24. The van der Waals surface area contributed by atoms with Gasteiger partial charge in [-0.25, -0.2) is 0 Å². The van der Waals surface area contributed by atoms with Crippen molar-refractivity contribution in [3.63, 3.8) is 0 Å². The highest BCUT2D eigenvalue weighted by Crippen LogP contribution is 2.27. The molecule has 0 aliphatic heterocycles. The smallest absolute Gasteiger partial charge is 0.141 e. The molecule has 3 heteroatoms. The largest absolute Gasteiger partial charge is 0.495 e. The zero-order valence-corrected chi connectivity index (χ0v) is 11.1. The molecule has 0 saturated carbocycles. The molecule has 2 aromatic carbocycles. The van der Waals surface area contributed by atoms with Crippen LogP contribution in [0, 0.1) is 18.3 Å². The molecule has 1 N–H and O–H groups in total. The normalized spacial score (nSPS) is 11.4. The van der Waals surface area contributed by atoms with E-state index in [4.69, 9.17) is 4.74 Å². The first-order valence-electron chi connectivity index (χ1n) is 6.10. The van der Waals surface area contributed by atoms with Gasteiger partial charge in [-0.3, -0.25) is 0 Å². The Morgan fingerprint density at radius 1 is 1.11 bits per heavy atom. The van der Waals surface area contributed by atoms with E-state index in [0.29, 0.717) is 0 Å². The van der Waals surface area contributed by atoms with E-state index in [9.17, 15) is 5.26 Å². The third kappa shape index (κ3) is 3.05. The van der Waals surface area contributed by atoms with Crippen LogP contribution in [0.2, 0.25) is 0 Å². The van der Waals surface area contributed by atoms with Crippen LogP contribution in [0.5, 0.6) is 5.75 Å². The summed E-state index contributed by atoms with van der Waals surface area (Å²) >= 11 is 0. The maximum atomic E-state index is 9.32. The van der Waals surface area contributed by atoms with Crippen molar-refractivity contribution in [2.24, 2.45) is 0 Å². The van der Waals surface area contributed by atoms with Crippen molar-refractivity contribution in [2.45, 2.75) is 13.0 Å². The van der Waals surface area contributed by atoms with Crippen molar-refractivity contribution in [3.8, 4) is 11.8 Å². The lowest BCUT2D eigenvalue weighted by Gasteiger charge is -2.16. The van der Waals surface area contributed by atoms with Gasteiger partial charge < -0.3 is 10.1 Å². The minimum Gasteiger partial charge on any atom is -0.495 e. The molecule has 1 atom stereocenters. The van der Waals surface area contributed by atoms with Crippen LogP contribution in [0.15, 0.2) is 48.5 Å². The molecule has 0 aliphatic carbocycles. The van der Waals surface area contributed by atoms with Crippen molar-refractivity contribution >= 4 is 5.69 Å². The quantitative estimate of drug-likeness (QED) is 0.902. The Hall–Kier alpha value is -2.47. The predicted octanol–water partition coefficient (Wildman–Crippen LogP) is 3.68. The van der Waals surface area contributed by atoms with Crippen LogP contribution in [0.4, 0.5) is 5.69 Å². The number of benzene rings is 2. The van der Waals surface area contributed by atoms with E-state index in [0.717, 1.165) is 17.0 Å². The van der Waals surface area contributed by atoms with Gasteiger partial charge in [-0.15, -0.1) is 0 Å². The number of nitriles is 1. The number of anilines is 1. The molecule has 1 unspecified atom stereocenters. The monoisotopic (exact) mass is 252 g/mol. The van der Waals surface area contributed by atoms with Gasteiger partial charge in [0.1, 0.15) is 11.8 Å². The lowest BCUT2D eigenvalue weighted by molar-refractivity contribution is 0.416. The number of aryl methyl sites for hydroxylation is 1. The first-order chi connectivity index (χ1) is 9.24. The molecule has 0 fully saturated rings. The van der Waals surface area contributed by atoms with Gasteiger partial charge in [0, 0.05) is 0 Å². The highest BCUT2D eigenvalue weighted by Gasteiger charge is 2.12. The molecular weight excluding hydrogens is 236 g/mol. The van der Waals surface area contributed by atoms with Gasteiger partial charge in [-0.2, -0.15) is 5.26 Å². The second-order valence-electron chi connectivity index (χ2n) is 4.32. The molecular formula is C16H16N2O. The van der Waals surface area contributed by atoms with E-state index < -0.39 is 6.04 Å². The molecule has 0 radical (unpaired) electrons. The first kappa shape index (κ1) is 13.0. The number of rotatable bonds is 4. The minimum absolute atomic E-state index is 0.392. The zero-order valence-electron chi connectivity index (χ0n) is 11.1. The van der Waals surface area contributed by atoms with E-state index >= 15 is 0 Å². The third-order valence-electron chi connectivity index (χ3n) is 2.95. The summed E-state index contributed by atoms with van der Waals surface area (Å²) in [6.45, 7) is 2.03. The fourth-order valence-corrected chi connectivity index (χ4v) is 1.87.